The van der Waals surface area contributed by atoms with Gasteiger partial charge in [0.1, 0.15) is 0 Å². The van der Waals surface area contributed by atoms with E-state index < -0.39 is 0 Å². The Balaban J connectivity index is 1.71. The minimum absolute atomic E-state index is 0.0904. The van der Waals surface area contributed by atoms with Crippen LogP contribution in [-0.4, -0.2) is 23.8 Å². The molecule has 2 aliphatic carbocycles. The van der Waals surface area contributed by atoms with Crippen LogP contribution >= 0.6 is 0 Å². The van der Waals surface area contributed by atoms with Crippen LogP contribution in [0.3, 0.4) is 0 Å². The topological polar surface area (TPSA) is 32.3 Å². The molecule has 0 aromatic rings. The number of nitrogens with one attached hydrogen (secondary N) is 1. The molecule has 14 heavy (non-hydrogen) atoms. The van der Waals surface area contributed by atoms with Crippen LogP contribution in [0.25, 0.3) is 0 Å². The third-order valence-electron chi connectivity index (χ3n) is 3.86. The van der Waals surface area contributed by atoms with Crippen LogP contribution in [0.15, 0.2) is 0 Å². The van der Waals surface area contributed by atoms with Gasteiger partial charge >= 0.3 is 0 Å². The Hall–Kier alpha value is -0.0800. The van der Waals surface area contributed by atoms with Crippen molar-refractivity contribution < 1.29 is 5.11 Å². The molecular formula is C12H23NO. The zero-order valence-electron chi connectivity index (χ0n) is 9.10. The summed E-state index contributed by atoms with van der Waals surface area (Å²) < 4.78 is 0. The third-order valence-corrected chi connectivity index (χ3v) is 3.86. The fourth-order valence-electron chi connectivity index (χ4n) is 2.57. The average molecular weight is 197 g/mol. The molecule has 0 radical (unpaired) electrons. The summed E-state index contributed by atoms with van der Waals surface area (Å²) in [5.41, 5.74) is 0.0904. The van der Waals surface area contributed by atoms with Crippen molar-refractivity contribution in [2.24, 2.45) is 5.92 Å². The van der Waals surface area contributed by atoms with Crippen LogP contribution in [-0.2, 0) is 0 Å². The van der Waals surface area contributed by atoms with Crippen molar-refractivity contribution in [3.8, 4) is 0 Å². The minimum atomic E-state index is 0.0904. The second-order valence-electron chi connectivity index (χ2n) is 5.16. The van der Waals surface area contributed by atoms with Crippen LogP contribution in [0.2, 0.25) is 0 Å². The summed E-state index contributed by atoms with van der Waals surface area (Å²) in [6.07, 6.45) is 10.5. The van der Waals surface area contributed by atoms with E-state index in [1.807, 2.05) is 0 Å². The summed E-state index contributed by atoms with van der Waals surface area (Å²) in [6, 6.07) is 0. The van der Waals surface area contributed by atoms with Gasteiger partial charge in [0.05, 0.1) is 6.61 Å². The van der Waals surface area contributed by atoms with Gasteiger partial charge < -0.3 is 10.4 Å². The first-order valence-corrected chi connectivity index (χ1v) is 6.21. The number of hydrogen-bond acceptors (Lipinski definition) is 2. The van der Waals surface area contributed by atoms with Crippen LogP contribution in [0.1, 0.15) is 51.4 Å². The second kappa shape index (κ2) is 4.63. The molecule has 0 bridgehead atoms. The molecule has 0 unspecified atom stereocenters. The number of aliphatic hydroxyl groups excluding tert-OH is 1. The highest BCUT2D eigenvalue weighted by atomic mass is 16.3. The minimum Gasteiger partial charge on any atom is -0.394 e. The van der Waals surface area contributed by atoms with Gasteiger partial charge in [-0.3, -0.25) is 0 Å². The Bertz CT molecular complexity index is 171. The number of rotatable bonds is 5. The van der Waals surface area contributed by atoms with E-state index in [-0.39, 0.29) is 5.54 Å². The second-order valence-corrected chi connectivity index (χ2v) is 5.16. The monoisotopic (exact) mass is 197 g/mol. The average Bonchev–Trinajstić information content (AvgIpc) is 3.03. The highest BCUT2D eigenvalue weighted by Crippen LogP contribution is 2.33. The lowest BCUT2D eigenvalue weighted by molar-refractivity contribution is 0.120. The van der Waals surface area contributed by atoms with Gasteiger partial charge in [0, 0.05) is 5.54 Å². The molecule has 2 saturated carbocycles. The largest absolute Gasteiger partial charge is 0.394 e. The quantitative estimate of drug-likeness (QED) is 0.707. The van der Waals surface area contributed by atoms with Gasteiger partial charge in [0.25, 0.3) is 0 Å². The Kier molecular flexibility index (Phi) is 3.45. The first-order valence-electron chi connectivity index (χ1n) is 6.21. The maximum absolute atomic E-state index is 9.46. The lowest BCUT2D eigenvalue weighted by Crippen LogP contribution is -2.50. The van der Waals surface area contributed by atoms with Crippen molar-refractivity contribution in [3.05, 3.63) is 0 Å². The van der Waals surface area contributed by atoms with E-state index in [1.165, 1.54) is 51.4 Å². The van der Waals surface area contributed by atoms with E-state index >= 15 is 0 Å². The molecule has 0 spiro atoms. The fraction of sp³-hybridized carbons (Fsp3) is 1.00. The molecule has 0 aromatic carbocycles. The summed E-state index contributed by atoms with van der Waals surface area (Å²) >= 11 is 0. The van der Waals surface area contributed by atoms with Gasteiger partial charge in [0.15, 0.2) is 0 Å². The molecule has 0 heterocycles. The van der Waals surface area contributed by atoms with Gasteiger partial charge in [-0.2, -0.15) is 0 Å². The first kappa shape index (κ1) is 10.4. The zero-order valence-corrected chi connectivity index (χ0v) is 9.10. The summed E-state index contributed by atoms with van der Waals surface area (Å²) in [5.74, 6) is 1.00. The SMILES string of the molecule is OCC1(NCCC2CC2)CCCCC1. The molecule has 2 nitrogen and oxygen atoms in total. The van der Waals surface area contributed by atoms with Gasteiger partial charge in [-0.25, -0.2) is 0 Å². The van der Waals surface area contributed by atoms with E-state index in [0.29, 0.717) is 6.61 Å². The zero-order chi connectivity index (χ0) is 9.86. The third kappa shape index (κ3) is 2.71. The summed E-state index contributed by atoms with van der Waals surface area (Å²) in [5, 5.41) is 13.1. The van der Waals surface area contributed by atoms with Crippen molar-refractivity contribution in [1.82, 2.24) is 5.32 Å². The van der Waals surface area contributed by atoms with Crippen LogP contribution in [0, 0.1) is 5.92 Å². The standard InChI is InChI=1S/C12H23NO/c14-10-12(7-2-1-3-8-12)13-9-6-11-4-5-11/h11,13-14H,1-10H2. The maximum atomic E-state index is 9.46. The number of hydrogen-bond donors (Lipinski definition) is 2. The fourth-order valence-corrected chi connectivity index (χ4v) is 2.57. The van der Waals surface area contributed by atoms with Crippen molar-refractivity contribution in [3.63, 3.8) is 0 Å². The molecule has 0 aliphatic heterocycles. The molecular weight excluding hydrogens is 174 g/mol. The van der Waals surface area contributed by atoms with Crippen molar-refractivity contribution >= 4 is 0 Å². The summed E-state index contributed by atoms with van der Waals surface area (Å²) in [4.78, 5) is 0. The summed E-state index contributed by atoms with van der Waals surface area (Å²) in [7, 11) is 0. The van der Waals surface area contributed by atoms with E-state index in [2.05, 4.69) is 5.32 Å². The highest BCUT2D eigenvalue weighted by Gasteiger charge is 2.31. The molecule has 2 rings (SSSR count). The lowest BCUT2D eigenvalue weighted by atomic mass is 9.82. The van der Waals surface area contributed by atoms with Crippen LogP contribution in [0.5, 0.6) is 0 Å². The van der Waals surface area contributed by atoms with Gasteiger partial charge in [-0.1, -0.05) is 32.1 Å². The van der Waals surface area contributed by atoms with Crippen molar-refractivity contribution in [2.45, 2.75) is 56.9 Å². The molecule has 0 atom stereocenters. The highest BCUT2D eigenvalue weighted by molar-refractivity contribution is 4.90. The van der Waals surface area contributed by atoms with E-state index in [4.69, 9.17) is 0 Å². The molecule has 2 heteroatoms. The van der Waals surface area contributed by atoms with Crippen molar-refractivity contribution in [1.29, 1.82) is 0 Å². The Morgan fingerprint density at radius 2 is 1.86 bits per heavy atom. The summed E-state index contributed by atoms with van der Waals surface area (Å²) in [6.45, 7) is 1.45. The van der Waals surface area contributed by atoms with E-state index in [1.54, 1.807) is 0 Å². The molecule has 0 aromatic heterocycles. The Morgan fingerprint density at radius 1 is 1.14 bits per heavy atom. The molecule has 2 fully saturated rings. The van der Waals surface area contributed by atoms with Crippen LogP contribution < -0.4 is 5.32 Å². The molecule has 82 valence electrons. The lowest BCUT2D eigenvalue weighted by Gasteiger charge is -2.36. The van der Waals surface area contributed by atoms with Crippen molar-refractivity contribution in [2.75, 3.05) is 13.2 Å². The molecule has 2 aliphatic rings. The Morgan fingerprint density at radius 3 is 2.43 bits per heavy atom. The predicted molar refractivity (Wildman–Crippen MR) is 58.2 cm³/mol. The van der Waals surface area contributed by atoms with Gasteiger partial charge in [-0.15, -0.1) is 0 Å². The first-order chi connectivity index (χ1) is 6.85. The number of aliphatic hydroxyl groups is 1. The normalized spacial score (nSPS) is 26.4. The van der Waals surface area contributed by atoms with Gasteiger partial charge in [0.2, 0.25) is 0 Å². The molecule has 0 saturated heterocycles. The molecule has 0 amide bonds. The smallest absolute Gasteiger partial charge is 0.0613 e. The van der Waals surface area contributed by atoms with E-state index in [0.717, 1.165) is 12.5 Å². The molecule has 2 N–H and O–H groups in total. The Labute approximate surface area is 87.1 Å². The van der Waals surface area contributed by atoms with E-state index in [9.17, 15) is 5.11 Å². The predicted octanol–water partition coefficient (Wildman–Crippen LogP) is 2.07. The maximum Gasteiger partial charge on any atom is 0.0613 e. The van der Waals surface area contributed by atoms with Crippen LogP contribution in [0.4, 0.5) is 0 Å². The van der Waals surface area contributed by atoms with Gasteiger partial charge in [-0.05, 0) is 31.7 Å².